The van der Waals surface area contributed by atoms with Gasteiger partial charge in [-0.3, -0.25) is 14.0 Å². The quantitative estimate of drug-likeness (QED) is 0.383. The molecule has 0 unspecified atom stereocenters. The van der Waals surface area contributed by atoms with Crippen LogP contribution in [-0.2, 0) is 17.9 Å². The third kappa shape index (κ3) is 5.43. The number of carbonyl (C=O) groups excluding carboxylic acids is 1. The van der Waals surface area contributed by atoms with E-state index in [2.05, 4.69) is 32.7 Å². The summed E-state index contributed by atoms with van der Waals surface area (Å²) in [6.45, 7) is 5.16. The third-order valence-electron chi connectivity index (χ3n) is 5.35. The summed E-state index contributed by atoms with van der Waals surface area (Å²) in [5.41, 5.74) is 5.09. The number of nitrogens with zero attached hydrogens (tertiary/aromatic N) is 5. The molecule has 0 saturated heterocycles. The van der Waals surface area contributed by atoms with Crippen LogP contribution in [0.4, 0.5) is 0 Å². The Morgan fingerprint density at radius 2 is 1.94 bits per heavy atom. The van der Waals surface area contributed by atoms with E-state index in [9.17, 15) is 4.79 Å². The lowest BCUT2D eigenvalue weighted by molar-refractivity contribution is -0.118. The lowest BCUT2D eigenvalue weighted by Crippen LogP contribution is -2.25. The Morgan fingerprint density at radius 3 is 2.73 bits per heavy atom. The average Bonchev–Trinajstić information content (AvgIpc) is 3.41. The Kier molecular flexibility index (Phi) is 7.09. The molecule has 8 nitrogen and oxygen atoms in total. The highest BCUT2D eigenvalue weighted by Gasteiger charge is 2.14. The predicted molar refractivity (Wildman–Crippen MR) is 128 cm³/mol. The van der Waals surface area contributed by atoms with Crippen LogP contribution in [0.2, 0.25) is 0 Å². The number of hydrogen-bond acceptors (Lipinski definition) is 6. The van der Waals surface area contributed by atoms with Gasteiger partial charge in [-0.15, -0.1) is 10.2 Å². The largest absolute Gasteiger partial charge is 0.497 e. The van der Waals surface area contributed by atoms with Crippen molar-refractivity contribution < 1.29 is 9.53 Å². The molecule has 0 atom stereocenters. The maximum atomic E-state index is 12.5. The lowest BCUT2D eigenvalue weighted by Gasteiger charge is -2.09. The molecule has 0 fully saturated rings. The first-order valence-electron chi connectivity index (χ1n) is 10.6. The number of ether oxygens (including phenoxy) is 1. The van der Waals surface area contributed by atoms with Crippen LogP contribution >= 0.6 is 11.8 Å². The van der Waals surface area contributed by atoms with Crippen molar-refractivity contribution in [3.05, 3.63) is 83.4 Å². The van der Waals surface area contributed by atoms with Crippen LogP contribution in [0.25, 0.3) is 5.69 Å². The van der Waals surface area contributed by atoms with Gasteiger partial charge in [0.15, 0.2) is 5.16 Å². The van der Waals surface area contributed by atoms with Crippen molar-refractivity contribution in [2.75, 3.05) is 12.9 Å². The Bertz CT molecular complexity index is 1230. The number of benzene rings is 2. The minimum Gasteiger partial charge on any atom is -0.497 e. The van der Waals surface area contributed by atoms with Crippen LogP contribution in [0, 0.1) is 13.8 Å². The molecule has 0 radical (unpaired) electrons. The van der Waals surface area contributed by atoms with Crippen LogP contribution in [0.1, 0.15) is 22.5 Å². The lowest BCUT2D eigenvalue weighted by atomic mass is 10.2. The highest BCUT2D eigenvalue weighted by Crippen LogP contribution is 2.22. The van der Waals surface area contributed by atoms with Gasteiger partial charge in [0.05, 0.1) is 30.8 Å². The summed E-state index contributed by atoms with van der Waals surface area (Å²) in [5.74, 6) is 0.905. The summed E-state index contributed by atoms with van der Waals surface area (Å²) in [6, 6.07) is 17.8. The molecule has 4 rings (SSSR count). The van der Waals surface area contributed by atoms with Crippen molar-refractivity contribution in [3.8, 4) is 11.4 Å². The van der Waals surface area contributed by atoms with E-state index in [1.54, 1.807) is 13.4 Å². The van der Waals surface area contributed by atoms with Crippen LogP contribution in [-0.4, -0.2) is 43.3 Å². The molecule has 0 aliphatic heterocycles. The minimum absolute atomic E-state index is 0.0743. The van der Waals surface area contributed by atoms with E-state index in [1.807, 2.05) is 65.6 Å². The van der Waals surface area contributed by atoms with Gasteiger partial charge in [0.1, 0.15) is 12.1 Å². The number of aryl methyl sites for hydroxylation is 1. The second-order valence-electron chi connectivity index (χ2n) is 7.54. The molecule has 1 N–H and O–H groups in total. The number of hydrogen-bond donors (Lipinski definition) is 1. The molecule has 170 valence electrons. The van der Waals surface area contributed by atoms with Crippen LogP contribution in [0.5, 0.6) is 5.75 Å². The molecular weight excluding hydrogens is 436 g/mol. The first kappa shape index (κ1) is 22.6. The summed E-state index contributed by atoms with van der Waals surface area (Å²) in [6.07, 6.45) is 1.63. The molecule has 2 aromatic heterocycles. The molecule has 0 bridgehead atoms. The van der Waals surface area contributed by atoms with Gasteiger partial charge in [0, 0.05) is 23.9 Å². The fourth-order valence-corrected chi connectivity index (χ4v) is 4.29. The summed E-state index contributed by atoms with van der Waals surface area (Å²) in [5, 5.41) is 16.5. The zero-order valence-corrected chi connectivity index (χ0v) is 19.7. The molecule has 33 heavy (non-hydrogen) atoms. The smallest absolute Gasteiger partial charge is 0.230 e. The van der Waals surface area contributed by atoms with Gasteiger partial charge in [-0.25, -0.2) is 0 Å². The number of methoxy groups -OCH3 is 1. The fraction of sp³-hybridized carbons (Fsp3) is 0.250. The number of aromatic nitrogens is 5. The Morgan fingerprint density at radius 1 is 1.12 bits per heavy atom. The molecule has 0 spiro atoms. The monoisotopic (exact) mass is 462 g/mol. The molecule has 9 heteroatoms. The topological polar surface area (TPSA) is 86.9 Å². The van der Waals surface area contributed by atoms with E-state index in [4.69, 9.17) is 4.74 Å². The van der Waals surface area contributed by atoms with E-state index < -0.39 is 0 Å². The van der Waals surface area contributed by atoms with E-state index in [1.165, 1.54) is 17.3 Å². The maximum absolute atomic E-state index is 12.5. The minimum atomic E-state index is -0.0743. The van der Waals surface area contributed by atoms with Crippen molar-refractivity contribution in [3.63, 3.8) is 0 Å². The molecule has 1 amide bonds. The standard InChI is InChI=1S/C24H26N6O2S/c1-17-22(18(2)30(28-17)14-19-8-5-4-6-9-19)13-25-23(31)15-33-24-27-26-16-29(24)20-10-7-11-21(12-20)32-3/h4-12,16H,13-15H2,1-3H3,(H,25,31). The van der Waals surface area contributed by atoms with Crippen LogP contribution < -0.4 is 10.1 Å². The summed E-state index contributed by atoms with van der Waals surface area (Å²) < 4.78 is 9.11. The summed E-state index contributed by atoms with van der Waals surface area (Å²) in [4.78, 5) is 12.5. The molecule has 2 heterocycles. The van der Waals surface area contributed by atoms with E-state index in [0.29, 0.717) is 18.2 Å². The normalized spacial score (nSPS) is 10.9. The van der Waals surface area contributed by atoms with Crippen molar-refractivity contribution in [1.82, 2.24) is 29.9 Å². The Balaban J connectivity index is 1.35. The molecular formula is C24H26N6O2S. The highest BCUT2D eigenvalue weighted by molar-refractivity contribution is 7.99. The van der Waals surface area contributed by atoms with Gasteiger partial charge in [-0.2, -0.15) is 5.10 Å². The molecule has 2 aromatic carbocycles. The Labute approximate surface area is 197 Å². The fourth-order valence-electron chi connectivity index (χ4n) is 3.53. The Hall–Kier alpha value is -3.59. The second kappa shape index (κ2) is 10.4. The first-order chi connectivity index (χ1) is 16.0. The predicted octanol–water partition coefficient (Wildman–Crippen LogP) is 3.55. The number of thioether (sulfide) groups is 1. The summed E-state index contributed by atoms with van der Waals surface area (Å²) in [7, 11) is 1.63. The molecule has 0 aliphatic rings. The van der Waals surface area contributed by atoms with Crippen LogP contribution in [0.3, 0.4) is 0 Å². The highest BCUT2D eigenvalue weighted by atomic mass is 32.2. The third-order valence-corrected chi connectivity index (χ3v) is 6.29. The van der Waals surface area contributed by atoms with Crippen LogP contribution in [0.15, 0.2) is 66.1 Å². The van der Waals surface area contributed by atoms with Crippen molar-refractivity contribution in [2.24, 2.45) is 0 Å². The average molecular weight is 463 g/mol. The molecule has 0 aliphatic carbocycles. The summed E-state index contributed by atoms with van der Waals surface area (Å²) >= 11 is 1.34. The second-order valence-corrected chi connectivity index (χ2v) is 8.49. The van der Waals surface area contributed by atoms with Gasteiger partial charge in [0.2, 0.25) is 5.91 Å². The van der Waals surface area contributed by atoms with Gasteiger partial charge in [-0.1, -0.05) is 48.2 Å². The van der Waals surface area contributed by atoms with Crippen molar-refractivity contribution in [1.29, 1.82) is 0 Å². The molecule has 0 saturated carbocycles. The van der Waals surface area contributed by atoms with Gasteiger partial charge in [-0.05, 0) is 31.5 Å². The molecule has 4 aromatic rings. The zero-order valence-electron chi connectivity index (χ0n) is 18.9. The zero-order chi connectivity index (χ0) is 23.2. The van der Waals surface area contributed by atoms with Gasteiger partial charge >= 0.3 is 0 Å². The van der Waals surface area contributed by atoms with Gasteiger partial charge < -0.3 is 10.1 Å². The SMILES string of the molecule is COc1cccc(-n2cnnc2SCC(=O)NCc2c(C)nn(Cc3ccccc3)c2C)c1. The number of rotatable bonds is 9. The van der Waals surface area contributed by atoms with E-state index in [0.717, 1.165) is 28.4 Å². The number of nitrogens with one attached hydrogen (secondary N) is 1. The maximum Gasteiger partial charge on any atom is 0.230 e. The first-order valence-corrected chi connectivity index (χ1v) is 11.5. The van der Waals surface area contributed by atoms with Crippen molar-refractivity contribution in [2.45, 2.75) is 32.1 Å². The number of carbonyl (C=O) groups is 1. The van der Waals surface area contributed by atoms with E-state index in [-0.39, 0.29) is 11.7 Å². The van der Waals surface area contributed by atoms with Crippen molar-refractivity contribution >= 4 is 17.7 Å². The van der Waals surface area contributed by atoms with E-state index >= 15 is 0 Å². The van der Waals surface area contributed by atoms with Gasteiger partial charge in [0.25, 0.3) is 0 Å². The number of amides is 1.